The third-order valence-electron chi connectivity index (χ3n) is 2.50. The quantitative estimate of drug-likeness (QED) is 0.691. The average Bonchev–Trinajstić information content (AvgIpc) is 2.15. The molecular formula is C12H20NP. The van der Waals surface area contributed by atoms with E-state index in [0.717, 1.165) is 12.8 Å². The van der Waals surface area contributed by atoms with Crippen LogP contribution < -0.4 is 10.2 Å². The molecule has 1 rings (SSSR count). The van der Waals surface area contributed by atoms with Crippen molar-refractivity contribution in [2.24, 2.45) is 0 Å². The Morgan fingerprint density at radius 1 is 1.07 bits per heavy atom. The summed E-state index contributed by atoms with van der Waals surface area (Å²) < 4.78 is 0. The second-order valence-electron chi connectivity index (χ2n) is 3.79. The second-order valence-corrected chi connectivity index (χ2v) is 4.46. The van der Waals surface area contributed by atoms with Crippen LogP contribution in [0.2, 0.25) is 0 Å². The van der Waals surface area contributed by atoms with Gasteiger partial charge in [-0.1, -0.05) is 13.8 Å². The Kier molecular flexibility index (Phi) is 3.95. The molecule has 1 unspecified atom stereocenters. The van der Waals surface area contributed by atoms with Crippen LogP contribution in [0.25, 0.3) is 0 Å². The zero-order valence-electron chi connectivity index (χ0n) is 9.59. The molecular weight excluding hydrogens is 189 g/mol. The zero-order valence-corrected chi connectivity index (χ0v) is 10.7. The van der Waals surface area contributed by atoms with Gasteiger partial charge < -0.3 is 4.90 Å². The smallest absolute Gasteiger partial charge is 0.0426 e. The molecule has 0 bridgehead atoms. The van der Waals surface area contributed by atoms with Gasteiger partial charge in [-0.15, -0.1) is 9.24 Å². The molecule has 0 radical (unpaired) electrons. The largest absolute Gasteiger partial charge is 0.377 e. The van der Waals surface area contributed by atoms with Gasteiger partial charge in [-0.3, -0.25) is 0 Å². The van der Waals surface area contributed by atoms with Crippen LogP contribution in [-0.2, 0) is 12.8 Å². The first-order valence-electron chi connectivity index (χ1n) is 5.18. The lowest BCUT2D eigenvalue weighted by atomic mass is 10.0. The molecule has 1 aromatic rings. The lowest BCUT2D eigenvalue weighted by Gasteiger charge is -2.21. The lowest BCUT2D eigenvalue weighted by molar-refractivity contribution is 1.02. The van der Waals surface area contributed by atoms with Crippen LogP contribution in [0.3, 0.4) is 0 Å². The number of anilines is 1. The molecule has 0 aromatic heterocycles. The maximum atomic E-state index is 2.79. The molecule has 2 heteroatoms. The van der Waals surface area contributed by atoms with Crippen LogP contribution in [0.1, 0.15) is 25.0 Å². The second kappa shape index (κ2) is 4.79. The van der Waals surface area contributed by atoms with E-state index in [-0.39, 0.29) is 0 Å². The van der Waals surface area contributed by atoms with E-state index in [1.165, 1.54) is 22.1 Å². The van der Waals surface area contributed by atoms with Gasteiger partial charge in [0, 0.05) is 19.8 Å². The molecule has 0 fully saturated rings. The minimum absolute atomic E-state index is 1.10. The zero-order chi connectivity index (χ0) is 10.7. The monoisotopic (exact) mass is 209 g/mol. The fraction of sp³-hybridized carbons (Fsp3) is 0.500. The van der Waals surface area contributed by atoms with Gasteiger partial charge in [-0.05, 0) is 41.4 Å². The number of hydrogen-bond acceptors (Lipinski definition) is 1. The van der Waals surface area contributed by atoms with Gasteiger partial charge in [0.1, 0.15) is 0 Å². The molecule has 1 atom stereocenters. The van der Waals surface area contributed by atoms with Gasteiger partial charge in [0.2, 0.25) is 0 Å². The molecule has 78 valence electrons. The highest BCUT2D eigenvalue weighted by Gasteiger charge is 2.08. The fourth-order valence-corrected chi connectivity index (χ4v) is 2.30. The molecule has 0 aliphatic carbocycles. The van der Waals surface area contributed by atoms with E-state index in [2.05, 4.69) is 54.2 Å². The van der Waals surface area contributed by atoms with Gasteiger partial charge in [0.25, 0.3) is 0 Å². The van der Waals surface area contributed by atoms with E-state index in [1.54, 1.807) is 0 Å². The van der Waals surface area contributed by atoms with Crippen molar-refractivity contribution >= 4 is 20.2 Å². The predicted octanol–water partition coefficient (Wildman–Crippen LogP) is 2.38. The van der Waals surface area contributed by atoms with Gasteiger partial charge in [0.15, 0.2) is 0 Å². The highest BCUT2D eigenvalue weighted by Crippen LogP contribution is 2.24. The van der Waals surface area contributed by atoms with Gasteiger partial charge in [0.05, 0.1) is 0 Å². The molecule has 0 spiro atoms. The highest BCUT2D eigenvalue weighted by atomic mass is 31.0. The van der Waals surface area contributed by atoms with E-state index in [4.69, 9.17) is 0 Å². The van der Waals surface area contributed by atoms with Crippen molar-refractivity contribution in [1.29, 1.82) is 0 Å². The number of rotatable bonds is 3. The Balaban J connectivity index is 3.33. The van der Waals surface area contributed by atoms with E-state index in [0.29, 0.717) is 0 Å². The van der Waals surface area contributed by atoms with Crippen LogP contribution in [0.4, 0.5) is 5.69 Å². The highest BCUT2D eigenvalue weighted by molar-refractivity contribution is 7.27. The summed E-state index contributed by atoms with van der Waals surface area (Å²) in [6.07, 6.45) is 2.20. The van der Waals surface area contributed by atoms with Crippen molar-refractivity contribution in [3.8, 4) is 0 Å². The van der Waals surface area contributed by atoms with E-state index in [1.807, 2.05) is 0 Å². The normalized spacial score (nSPS) is 10.4. The van der Waals surface area contributed by atoms with E-state index < -0.39 is 0 Å². The van der Waals surface area contributed by atoms with Gasteiger partial charge in [-0.25, -0.2) is 0 Å². The van der Waals surface area contributed by atoms with Crippen molar-refractivity contribution in [1.82, 2.24) is 0 Å². The first kappa shape index (κ1) is 11.5. The first-order chi connectivity index (χ1) is 6.60. The summed E-state index contributed by atoms with van der Waals surface area (Å²) in [5, 5.41) is 1.30. The van der Waals surface area contributed by atoms with Crippen LogP contribution >= 0.6 is 9.24 Å². The van der Waals surface area contributed by atoms with Crippen LogP contribution in [0, 0.1) is 0 Å². The van der Waals surface area contributed by atoms with Crippen LogP contribution in [-0.4, -0.2) is 14.1 Å². The molecule has 1 nitrogen and oxygen atoms in total. The fourth-order valence-electron chi connectivity index (χ4n) is 1.90. The SMILES string of the molecule is CCc1cc(P)cc(CC)c1N(C)C. The number of hydrogen-bond donors (Lipinski definition) is 0. The first-order valence-corrected chi connectivity index (χ1v) is 5.76. The molecule has 0 amide bonds. The Morgan fingerprint density at radius 3 is 1.79 bits per heavy atom. The third kappa shape index (κ3) is 2.27. The maximum absolute atomic E-state index is 2.79. The molecule has 0 saturated carbocycles. The topological polar surface area (TPSA) is 3.24 Å². The number of aryl methyl sites for hydroxylation is 2. The lowest BCUT2D eigenvalue weighted by Crippen LogP contribution is -2.15. The summed E-state index contributed by atoms with van der Waals surface area (Å²) in [6, 6.07) is 4.53. The summed E-state index contributed by atoms with van der Waals surface area (Å²) in [6.45, 7) is 4.43. The van der Waals surface area contributed by atoms with Gasteiger partial charge >= 0.3 is 0 Å². The minimum Gasteiger partial charge on any atom is -0.377 e. The van der Waals surface area contributed by atoms with Crippen molar-refractivity contribution in [3.05, 3.63) is 23.3 Å². The Bertz CT molecular complexity index is 293. The number of nitrogens with zero attached hydrogens (tertiary/aromatic N) is 1. The molecule has 1 aromatic carbocycles. The molecule has 0 N–H and O–H groups in total. The van der Waals surface area contributed by atoms with Crippen LogP contribution in [0.5, 0.6) is 0 Å². The summed E-state index contributed by atoms with van der Waals surface area (Å²) in [7, 11) is 7.03. The Labute approximate surface area is 89.7 Å². The molecule has 0 aliphatic heterocycles. The van der Waals surface area contributed by atoms with E-state index >= 15 is 0 Å². The standard InChI is InChI=1S/C12H20NP/c1-5-9-7-11(14)8-10(6-2)12(9)13(3)4/h7-8H,5-6,14H2,1-4H3. The van der Waals surface area contributed by atoms with Crippen molar-refractivity contribution in [3.63, 3.8) is 0 Å². The average molecular weight is 209 g/mol. The number of benzene rings is 1. The molecule has 0 aliphatic rings. The third-order valence-corrected chi connectivity index (χ3v) is 2.83. The van der Waals surface area contributed by atoms with E-state index in [9.17, 15) is 0 Å². The Morgan fingerprint density at radius 2 is 1.50 bits per heavy atom. The molecule has 0 saturated heterocycles. The van der Waals surface area contributed by atoms with Gasteiger partial charge in [-0.2, -0.15) is 0 Å². The van der Waals surface area contributed by atoms with Crippen molar-refractivity contribution in [2.75, 3.05) is 19.0 Å². The summed E-state index contributed by atoms with van der Waals surface area (Å²) in [5.41, 5.74) is 4.29. The Hall–Kier alpha value is -0.550. The summed E-state index contributed by atoms with van der Waals surface area (Å²) >= 11 is 0. The maximum Gasteiger partial charge on any atom is 0.0426 e. The van der Waals surface area contributed by atoms with Crippen LogP contribution in [0.15, 0.2) is 12.1 Å². The molecule has 0 heterocycles. The minimum atomic E-state index is 1.10. The summed E-state index contributed by atoms with van der Waals surface area (Å²) in [4.78, 5) is 2.22. The molecule has 14 heavy (non-hydrogen) atoms. The van der Waals surface area contributed by atoms with Crippen molar-refractivity contribution < 1.29 is 0 Å². The van der Waals surface area contributed by atoms with Crippen molar-refractivity contribution in [2.45, 2.75) is 26.7 Å². The predicted molar refractivity (Wildman–Crippen MR) is 68.9 cm³/mol. The summed E-state index contributed by atoms with van der Waals surface area (Å²) in [5.74, 6) is 0.